The number of hydrogen-bond donors (Lipinski definition) is 1. The summed E-state index contributed by atoms with van der Waals surface area (Å²) in [6.07, 6.45) is 1.77. The molecular formula is C31H30N4O5S. The highest BCUT2D eigenvalue weighted by molar-refractivity contribution is 8.16. The third-order valence-corrected chi connectivity index (χ3v) is 7.55. The van der Waals surface area contributed by atoms with Gasteiger partial charge in [-0.25, -0.2) is 9.79 Å². The minimum absolute atomic E-state index is 0.0852. The van der Waals surface area contributed by atoms with Crippen LogP contribution in [0.15, 0.2) is 100 Å². The number of allylic oxidation sites excluding steroid dienone is 1. The highest BCUT2D eigenvalue weighted by atomic mass is 32.2. The summed E-state index contributed by atoms with van der Waals surface area (Å²) in [5, 5.41) is 5.50. The topological polar surface area (TPSA) is 102 Å². The number of ether oxygens (including phenoxy) is 3. The van der Waals surface area contributed by atoms with Gasteiger partial charge in [0.25, 0.3) is 0 Å². The molecule has 0 spiro atoms. The van der Waals surface area contributed by atoms with Crippen LogP contribution in [0.25, 0.3) is 0 Å². The number of aromatic nitrogens is 1. The molecule has 0 fully saturated rings. The Bertz CT molecular complexity index is 1500. The Kier molecular flexibility index (Phi) is 8.69. The van der Waals surface area contributed by atoms with Crippen LogP contribution in [0.1, 0.15) is 36.2 Å². The summed E-state index contributed by atoms with van der Waals surface area (Å²) in [6.45, 7) is 2.23. The second-order valence-electron chi connectivity index (χ2n) is 9.38. The van der Waals surface area contributed by atoms with Gasteiger partial charge in [-0.15, -0.1) is 0 Å². The van der Waals surface area contributed by atoms with Crippen molar-refractivity contribution in [2.45, 2.75) is 32.5 Å². The Hall–Kier alpha value is -4.57. The van der Waals surface area contributed by atoms with E-state index in [4.69, 9.17) is 19.2 Å². The fourth-order valence-electron chi connectivity index (χ4n) is 4.65. The second kappa shape index (κ2) is 12.7. The molecular weight excluding hydrogens is 540 g/mol. The van der Waals surface area contributed by atoms with Gasteiger partial charge in [-0.05, 0) is 47.7 Å². The first-order valence-electron chi connectivity index (χ1n) is 13.0. The Labute approximate surface area is 242 Å². The first-order chi connectivity index (χ1) is 20.0. The number of carbonyl (C=O) groups excluding carboxylic acids is 2. The number of amidine groups is 1. The Balaban J connectivity index is 1.46. The van der Waals surface area contributed by atoms with E-state index < -0.39 is 12.0 Å². The summed E-state index contributed by atoms with van der Waals surface area (Å²) in [4.78, 5) is 37.7. The van der Waals surface area contributed by atoms with E-state index in [2.05, 4.69) is 10.3 Å². The number of nitrogens with zero attached hydrogens (tertiary/aromatic N) is 3. The van der Waals surface area contributed by atoms with Gasteiger partial charge in [0.05, 0.1) is 50.2 Å². The summed E-state index contributed by atoms with van der Waals surface area (Å²) in [5.41, 5.74) is 4.01. The molecule has 5 rings (SSSR count). The average molecular weight is 571 g/mol. The van der Waals surface area contributed by atoms with Gasteiger partial charge in [-0.2, -0.15) is 0 Å². The molecule has 9 nitrogen and oxygen atoms in total. The highest BCUT2D eigenvalue weighted by Crippen LogP contribution is 2.46. The van der Waals surface area contributed by atoms with E-state index in [-0.39, 0.29) is 18.9 Å². The van der Waals surface area contributed by atoms with E-state index in [0.29, 0.717) is 40.2 Å². The minimum atomic E-state index is -0.625. The zero-order valence-electron chi connectivity index (χ0n) is 23.0. The molecule has 3 heterocycles. The quantitative estimate of drug-likeness (QED) is 0.335. The summed E-state index contributed by atoms with van der Waals surface area (Å²) < 4.78 is 16.9. The number of hydrogen-bond acceptors (Lipinski definition) is 9. The number of benzene rings is 2. The standard InChI is InChI=1S/C31H30N4O5S/c1-20-28(30(37)40-18-21-9-5-4-6-10-21)29(22-13-25(38-2)16-26(14-22)39-3)35-24(19-41-31(35)34-20)15-27(36)33-17-23-11-7-8-12-32-23/h4-14,16,19,29H,15,17-18H2,1-3H3,(H,33,36). The molecule has 0 bridgehead atoms. The SMILES string of the molecule is COc1cc(OC)cc(C2C(C(=O)OCc3ccccc3)=C(C)N=C3SC=C(CC(=O)NCc4ccccn4)N32)c1. The van der Waals surface area contributed by atoms with Crippen LogP contribution in [0.2, 0.25) is 0 Å². The number of aliphatic imine (C=N–C) groups is 1. The van der Waals surface area contributed by atoms with Crippen LogP contribution >= 0.6 is 11.8 Å². The fraction of sp³-hybridized carbons (Fsp3) is 0.226. The smallest absolute Gasteiger partial charge is 0.338 e. The third kappa shape index (κ3) is 6.44. The minimum Gasteiger partial charge on any atom is -0.497 e. The maximum absolute atomic E-state index is 13.7. The Morgan fingerprint density at radius 1 is 1.00 bits per heavy atom. The normalized spacial score (nSPS) is 16.0. The van der Waals surface area contributed by atoms with Crippen LogP contribution in [0, 0.1) is 0 Å². The van der Waals surface area contributed by atoms with E-state index in [1.54, 1.807) is 33.4 Å². The van der Waals surface area contributed by atoms with Crippen LogP contribution in [-0.2, 0) is 27.5 Å². The number of amides is 1. The number of thioether (sulfide) groups is 1. The van der Waals surface area contributed by atoms with Crippen molar-refractivity contribution >= 4 is 28.8 Å². The van der Waals surface area contributed by atoms with Crippen molar-refractivity contribution < 1.29 is 23.8 Å². The molecule has 0 radical (unpaired) electrons. The molecule has 1 unspecified atom stereocenters. The molecule has 41 heavy (non-hydrogen) atoms. The molecule has 3 aromatic rings. The van der Waals surface area contributed by atoms with E-state index in [1.165, 1.54) is 11.8 Å². The lowest BCUT2D eigenvalue weighted by Crippen LogP contribution is -2.38. The van der Waals surface area contributed by atoms with Crippen molar-refractivity contribution in [1.82, 2.24) is 15.2 Å². The molecule has 1 N–H and O–H groups in total. The van der Waals surface area contributed by atoms with E-state index in [0.717, 1.165) is 16.8 Å². The number of carbonyl (C=O) groups is 2. The van der Waals surface area contributed by atoms with Crippen LogP contribution in [0.5, 0.6) is 11.5 Å². The zero-order valence-corrected chi connectivity index (χ0v) is 23.8. The van der Waals surface area contributed by atoms with Gasteiger partial charge in [0.15, 0.2) is 5.17 Å². The number of methoxy groups -OCH3 is 2. The molecule has 0 saturated heterocycles. The van der Waals surface area contributed by atoms with Gasteiger partial charge in [0.1, 0.15) is 18.1 Å². The summed E-state index contributed by atoms with van der Waals surface area (Å²) >= 11 is 1.41. The largest absolute Gasteiger partial charge is 0.497 e. The van der Waals surface area contributed by atoms with Crippen molar-refractivity contribution in [2.24, 2.45) is 4.99 Å². The first kappa shape index (κ1) is 28.0. The molecule has 2 aliphatic heterocycles. The fourth-order valence-corrected chi connectivity index (χ4v) is 5.62. The van der Waals surface area contributed by atoms with Crippen LogP contribution in [0.3, 0.4) is 0 Å². The molecule has 1 aromatic heterocycles. The lowest BCUT2D eigenvalue weighted by atomic mass is 9.93. The molecule has 2 aliphatic rings. The van der Waals surface area contributed by atoms with Gasteiger partial charge in [0.2, 0.25) is 5.91 Å². The lowest BCUT2D eigenvalue weighted by molar-refractivity contribution is -0.141. The maximum Gasteiger partial charge on any atom is 0.338 e. The molecule has 10 heteroatoms. The zero-order chi connectivity index (χ0) is 28.8. The van der Waals surface area contributed by atoms with Gasteiger partial charge >= 0.3 is 5.97 Å². The second-order valence-corrected chi connectivity index (χ2v) is 10.2. The van der Waals surface area contributed by atoms with E-state index >= 15 is 0 Å². The van der Waals surface area contributed by atoms with Crippen LogP contribution in [0.4, 0.5) is 0 Å². The molecule has 210 valence electrons. The lowest BCUT2D eigenvalue weighted by Gasteiger charge is -2.36. The van der Waals surface area contributed by atoms with Gasteiger partial charge in [-0.1, -0.05) is 48.2 Å². The summed E-state index contributed by atoms with van der Waals surface area (Å²) in [7, 11) is 3.15. The maximum atomic E-state index is 13.7. The van der Waals surface area contributed by atoms with E-state index in [9.17, 15) is 9.59 Å². The van der Waals surface area contributed by atoms with Crippen molar-refractivity contribution in [3.8, 4) is 11.5 Å². The summed E-state index contributed by atoms with van der Waals surface area (Å²) in [6, 6.07) is 19.9. The van der Waals surface area contributed by atoms with Crippen molar-refractivity contribution in [3.63, 3.8) is 0 Å². The Morgan fingerprint density at radius 2 is 1.73 bits per heavy atom. The number of rotatable bonds is 10. The van der Waals surface area contributed by atoms with Crippen molar-refractivity contribution in [3.05, 3.63) is 112 Å². The predicted molar refractivity (Wildman–Crippen MR) is 157 cm³/mol. The number of fused-ring (bicyclic) bond motifs is 1. The predicted octanol–water partition coefficient (Wildman–Crippen LogP) is 5.12. The third-order valence-electron chi connectivity index (χ3n) is 6.66. The van der Waals surface area contributed by atoms with Gasteiger partial charge in [0, 0.05) is 18.0 Å². The van der Waals surface area contributed by atoms with Crippen molar-refractivity contribution in [2.75, 3.05) is 14.2 Å². The molecule has 0 aliphatic carbocycles. The highest BCUT2D eigenvalue weighted by Gasteiger charge is 2.41. The number of esters is 1. The number of pyridine rings is 1. The molecule has 1 amide bonds. The van der Waals surface area contributed by atoms with Crippen LogP contribution < -0.4 is 14.8 Å². The summed E-state index contributed by atoms with van der Waals surface area (Å²) in [5.74, 6) is 0.481. The van der Waals surface area contributed by atoms with Gasteiger partial charge in [-0.3, -0.25) is 9.78 Å². The van der Waals surface area contributed by atoms with Crippen LogP contribution in [-0.4, -0.2) is 41.1 Å². The van der Waals surface area contributed by atoms with Crippen molar-refractivity contribution in [1.29, 1.82) is 0 Å². The molecule has 1 atom stereocenters. The van der Waals surface area contributed by atoms with E-state index in [1.807, 2.05) is 71.0 Å². The Morgan fingerprint density at radius 3 is 2.41 bits per heavy atom. The number of nitrogens with one attached hydrogen (secondary N) is 1. The average Bonchev–Trinajstić information content (AvgIpc) is 3.40. The first-order valence-corrected chi connectivity index (χ1v) is 13.9. The molecule has 2 aromatic carbocycles. The monoisotopic (exact) mass is 570 g/mol. The van der Waals surface area contributed by atoms with Gasteiger partial charge < -0.3 is 24.4 Å². The molecule has 0 saturated carbocycles.